The molecule has 4 nitrogen and oxygen atoms in total. The molecule has 1 saturated heterocycles. The highest BCUT2D eigenvalue weighted by Gasteiger charge is 2.25. The van der Waals surface area contributed by atoms with Crippen LogP contribution in [0.1, 0.15) is 40.5 Å². The van der Waals surface area contributed by atoms with E-state index in [4.69, 9.17) is 4.74 Å². The summed E-state index contributed by atoms with van der Waals surface area (Å²) in [7, 11) is 0. The minimum Gasteiger partial charge on any atom is -0.444 e. The molecular weight excluding hydrogens is 308 g/mol. The summed E-state index contributed by atoms with van der Waals surface area (Å²) in [6.07, 6.45) is 2.23. The van der Waals surface area contributed by atoms with Crippen LogP contribution in [-0.2, 0) is 4.74 Å². The van der Waals surface area contributed by atoms with Crippen LogP contribution >= 0.6 is 15.9 Å². The van der Waals surface area contributed by atoms with Crippen molar-refractivity contribution in [3.63, 3.8) is 0 Å². The average Bonchev–Trinajstić information content (AvgIpc) is 2.27. The standard InChI is InChI=1S/C14H27BrN2O2/c1-12(15)6-5-7-16-8-10-17(11-9-16)13(18)19-14(2,3)4/h12H,5-11H2,1-4H3. The molecule has 0 aromatic carbocycles. The lowest BCUT2D eigenvalue weighted by Gasteiger charge is -2.35. The molecule has 1 aliphatic rings. The molecule has 0 bridgehead atoms. The van der Waals surface area contributed by atoms with E-state index in [1.807, 2.05) is 25.7 Å². The predicted molar refractivity (Wildman–Crippen MR) is 81.9 cm³/mol. The van der Waals surface area contributed by atoms with E-state index >= 15 is 0 Å². The molecule has 0 aromatic rings. The van der Waals surface area contributed by atoms with Crippen molar-refractivity contribution in [1.29, 1.82) is 0 Å². The normalized spacial score (nSPS) is 19.3. The smallest absolute Gasteiger partial charge is 0.410 e. The van der Waals surface area contributed by atoms with E-state index in [-0.39, 0.29) is 6.09 Å². The number of nitrogens with zero attached hydrogens (tertiary/aromatic N) is 2. The summed E-state index contributed by atoms with van der Waals surface area (Å²) in [6, 6.07) is 0. The zero-order valence-electron chi connectivity index (χ0n) is 12.6. The molecule has 1 atom stereocenters. The van der Waals surface area contributed by atoms with Crippen LogP contribution in [-0.4, -0.2) is 59.0 Å². The van der Waals surface area contributed by atoms with E-state index in [9.17, 15) is 4.79 Å². The summed E-state index contributed by atoms with van der Waals surface area (Å²) < 4.78 is 5.39. The van der Waals surface area contributed by atoms with E-state index in [0.29, 0.717) is 4.83 Å². The molecule has 0 radical (unpaired) electrons. The Bertz CT molecular complexity index is 282. The fourth-order valence-electron chi connectivity index (χ4n) is 2.08. The number of carbonyl (C=O) groups is 1. The van der Waals surface area contributed by atoms with Crippen molar-refractivity contribution in [1.82, 2.24) is 9.80 Å². The van der Waals surface area contributed by atoms with Gasteiger partial charge in [0.1, 0.15) is 5.60 Å². The molecule has 1 amide bonds. The number of alkyl halides is 1. The largest absolute Gasteiger partial charge is 0.444 e. The molecule has 0 spiro atoms. The van der Waals surface area contributed by atoms with E-state index in [0.717, 1.165) is 32.7 Å². The number of ether oxygens (including phenoxy) is 1. The molecule has 1 unspecified atom stereocenters. The Balaban J connectivity index is 2.23. The molecule has 0 aromatic heterocycles. The minimum absolute atomic E-state index is 0.179. The van der Waals surface area contributed by atoms with Gasteiger partial charge in [-0.05, 0) is 40.2 Å². The van der Waals surface area contributed by atoms with Crippen LogP contribution in [0.5, 0.6) is 0 Å². The molecule has 0 N–H and O–H groups in total. The van der Waals surface area contributed by atoms with Gasteiger partial charge < -0.3 is 9.64 Å². The summed E-state index contributed by atoms with van der Waals surface area (Å²) >= 11 is 3.57. The van der Waals surface area contributed by atoms with Crippen molar-refractivity contribution in [2.75, 3.05) is 32.7 Å². The highest BCUT2D eigenvalue weighted by molar-refractivity contribution is 9.09. The monoisotopic (exact) mass is 334 g/mol. The van der Waals surface area contributed by atoms with Crippen LogP contribution in [0.3, 0.4) is 0 Å². The zero-order valence-corrected chi connectivity index (χ0v) is 14.2. The number of rotatable bonds is 4. The van der Waals surface area contributed by atoms with Crippen molar-refractivity contribution in [3.05, 3.63) is 0 Å². The molecule has 19 heavy (non-hydrogen) atoms. The van der Waals surface area contributed by atoms with Gasteiger partial charge in [0.2, 0.25) is 0 Å². The Morgan fingerprint density at radius 1 is 1.26 bits per heavy atom. The summed E-state index contributed by atoms with van der Waals surface area (Å²) in [5.74, 6) is 0. The number of halogens is 1. The summed E-state index contributed by atoms with van der Waals surface area (Å²) in [5.41, 5.74) is -0.403. The second-order valence-electron chi connectivity index (χ2n) is 6.23. The first-order chi connectivity index (χ1) is 8.78. The molecule has 112 valence electrons. The SMILES string of the molecule is CC(Br)CCCN1CCN(C(=O)OC(C)(C)C)CC1. The Kier molecular flexibility index (Phi) is 6.60. The van der Waals surface area contributed by atoms with Crippen LogP contribution < -0.4 is 0 Å². The van der Waals surface area contributed by atoms with Gasteiger partial charge in [-0.1, -0.05) is 22.9 Å². The molecule has 1 aliphatic heterocycles. The third kappa shape index (κ3) is 7.16. The van der Waals surface area contributed by atoms with Crippen LogP contribution in [0, 0.1) is 0 Å². The van der Waals surface area contributed by atoms with E-state index in [2.05, 4.69) is 27.8 Å². The van der Waals surface area contributed by atoms with E-state index in [1.165, 1.54) is 12.8 Å². The zero-order chi connectivity index (χ0) is 14.5. The Morgan fingerprint density at radius 2 is 1.84 bits per heavy atom. The number of carbonyl (C=O) groups excluding carboxylic acids is 1. The number of amides is 1. The molecule has 0 aliphatic carbocycles. The maximum Gasteiger partial charge on any atom is 0.410 e. The van der Waals surface area contributed by atoms with Gasteiger partial charge in [0.05, 0.1) is 0 Å². The first-order valence-electron chi connectivity index (χ1n) is 7.12. The van der Waals surface area contributed by atoms with Gasteiger partial charge in [-0.15, -0.1) is 0 Å². The van der Waals surface area contributed by atoms with Crippen LogP contribution in [0.2, 0.25) is 0 Å². The highest BCUT2D eigenvalue weighted by atomic mass is 79.9. The highest BCUT2D eigenvalue weighted by Crippen LogP contribution is 2.13. The maximum atomic E-state index is 11.9. The Morgan fingerprint density at radius 3 is 2.32 bits per heavy atom. The minimum atomic E-state index is -0.403. The molecule has 1 rings (SSSR count). The van der Waals surface area contributed by atoms with Gasteiger partial charge in [0.15, 0.2) is 0 Å². The molecule has 1 heterocycles. The van der Waals surface area contributed by atoms with Gasteiger partial charge in [-0.3, -0.25) is 4.90 Å². The van der Waals surface area contributed by atoms with Gasteiger partial charge in [0.25, 0.3) is 0 Å². The molecular formula is C14H27BrN2O2. The van der Waals surface area contributed by atoms with Crippen molar-refractivity contribution in [3.8, 4) is 0 Å². The lowest BCUT2D eigenvalue weighted by molar-refractivity contribution is 0.0144. The maximum absolute atomic E-state index is 11.9. The van der Waals surface area contributed by atoms with Crippen molar-refractivity contribution >= 4 is 22.0 Å². The number of piperazine rings is 1. The summed E-state index contributed by atoms with van der Waals surface area (Å²) in [6.45, 7) is 12.5. The van der Waals surface area contributed by atoms with Gasteiger partial charge >= 0.3 is 6.09 Å². The summed E-state index contributed by atoms with van der Waals surface area (Å²) in [5, 5.41) is 0. The fourth-order valence-corrected chi connectivity index (χ4v) is 2.40. The topological polar surface area (TPSA) is 32.8 Å². The molecule has 5 heteroatoms. The van der Waals surface area contributed by atoms with Crippen LogP contribution in [0.15, 0.2) is 0 Å². The third-order valence-electron chi connectivity index (χ3n) is 3.10. The van der Waals surface area contributed by atoms with Gasteiger partial charge in [-0.2, -0.15) is 0 Å². The van der Waals surface area contributed by atoms with Crippen LogP contribution in [0.4, 0.5) is 4.79 Å². The van der Waals surface area contributed by atoms with Crippen molar-refractivity contribution in [2.45, 2.75) is 51.0 Å². The third-order valence-corrected chi connectivity index (χ3v) is 3.56. The van der Waals surface area contributed by atoms with E-state index in [1.54, 1.807) is 0 Å². The van der Waals surface area contributed by atoms with E-state index < -0.39 is 5.60 Å². The summed E-state index contributed by atoms with van der Waals surface area (Å²) in [4.78, 5) is 16.7. The second kappa shape index (κ2) is 7.48. The number of hydrogen-bond acceptors (Lipinski definition) is 3. The lowest BCUT2D eigenvalue weighted by atomic mass is 10.2. The molecule has 1 fully saturated rings. The first kappa shape index (κ1) is 16.8. The molecule has 0 saturated carbocycles. The predicted octanol–water partition coefficient (Wildman–Crippen LogP) is 3.10. The average molecular weight is 335 g/mol. The van der Waals surface area contributed by atoms with Crippen molar-refractivity contribution < 1.29 is 9.53 Å². The van der Waals surface area contributed by atoms with Gasteiger partial charge in [0, 0.05) is 31.0 Å². The Hall–Kier alpha value is -0.290. The van der Waals surface area contributed by atoms with Crippen LogP contribution in [0.25, 0.3) is 0 Å². The number of hydrogen-bond donors (Lipinski definition) is 0. The van der Waals surface area contributed by atoms with Gasteiger partial charge in [-0.25, -0.2) is 4.79 Å². The van der Waals surface area contributed by atoms with Crippen molar-refractivity contribution in [2.24, 2.45) is 0 Å². The lowest BCUT2D eigenvalue weighted by Crippen LogP contribution is -2.50. The fraction of sp³-hybridized carbons (Fsp3) is 0.929. The quantitative estimate of drug-likeness (QED) is 0.740. The Labute approximate surface area is 125 Å². The second-order valence-corrected chi connectivity index (χ2v) is 7.80. The first-order valence-corrected chi connectivity index (χ1v) is 8.04.